The first-order chi connectivity index (χ1) is 5.27. The Bertz CT molecular complexity index is 225. The summed E-state index contributed by atoms with van der Waals surface area (Å²) in [7, 11) is 0. The quantitative estimate of drug-likeness (QED) is 0.392. The second-order valence-corrected chi connectivity index (χ2v) is 3.91. The Morgan fingerprint density at radius 1 is 1.45 bits per heavy atom. The first-order valence-corrected chi connectivity index (χ1v) is 4.18. The van der Waals surface area contributed by atoms with Crippen molar-refractivity contribution in [1.82, 2.24) is 0 Å². The summed E-state index contributed by atoms with van der Waals surface area (Å²) in [5, 5.41) is 9.57. The van der Waals surface area contributed by atoms with Crippen LogP contribution >= 0.6 is 0 Å². The molecular weight excluding hydrogens is 144 g/mol. The Labute approximate surface area is 64.3 Å². The standard InChI is InChI=1S/C8H10O3/c9-6-3-1-4-5(2-3)8(10)11-7(4)6/h3-7,9H,1-2H2/p+1. The van der Waals surface area contributed by atoms with Gasteiger partial charge in [0.05, 0.1) is 0 Å². The first-order valence-electron chi connectivity index (χ1n) is 4.18. The zero-order valence-electron chi connectivity index (χ0n) is 6.10. The van der Waals surface area contributed by atoms with Crippen molar-refractivity contribution in [2.75, 3.05) is 0 Å². The fourth-order valence-corrected chi connectivity index (χ4v) is 2.94. The van der Waals surface area contributed by atoms with Crippen LogP contribution in [0.2, 0.25) is 0 Å². The van der Waals surface area contributed by atoms with Gasteiger partial charge in [-0.15, -0.1) is 0 Å². The van der Waals surface area contributed by atoms with Crippen LogP contribution in [-0.2, 0) is 4.74 Å². The fraction of sp³-hybridized carbons (Fsp3) is 0.875. The molecule has 2 aliphatic carbocycles. The van der Waals surface area contributed by atoms with Gasteiger partial charge >= 0.3 is 5.97 Å². The number of hydrogen-bond donors (Lipinski definition) is 1. The van der Waals surface area contributed by atoms with E-state index in [0.717, 1.165) is 12.8 Å². The molecule has 0 radical (unpaired) electrons. The number of ether oxygens (including phenoxy) is 1. The van der Waals surface area contributed by atoms with E-state index in [2.05, 4.69) is 0 Å². The van der Waals surface area contributed by atoms with Crippen molar-refractivity contribution < 1.29 is 14.6 Å². The molecule has 60 valence electrons. The van der Waals surface area contributed by atoms with E-state index in [9.17, 15) is 9.90 Å². The van der Waals surface area contributed by atoms with Gasteiger partial charge in [-0.05, 0) is 18.8 Å². The molecule has 5 unspecified atom stereocenters. The third-order valence-electron chi connectivity index (χ3n) is 3.46. The molecule has 3 nitrogen and oxygen atoms in total. The van der Waals surface area contributed by atoms with Gasteiger partial charge in [-0.3, -0.25) is 0 Å². The molecule has 1 saturated heterocycles. The molecule has 2 N–H and O–H groups in total. The maximum Gasteiger partial charge on any atom is 0.486 e. The van der Waals surface area contributed by atoms with Crippen LogP contribution in [0.1, 0.15) is 12.8 Å². The summed E-state index contributed by atoms with van der Waals surface area (Å²) in [6, 6.07) is 0. The zero-order chi connectivity index (χ0) is 7.59. The van der Waals surface area contributed by atoms with Crippen molar-refractivity contribution in [3.05, 3.63) is 0 Å². The average Bonchev–Trinajstić information content (AvgIpc) is 2.53. The molecule has 0 aromatic heterocycles. The van der Waals surface area contributed by atoms with Crippen LogP contribution in [0, 0.1) is 17.8 Å². The van der Waals surface area contributed by atoms with E-state index < -0.39 is 0 Å². The molecule has 1 aliphatic heterocycles. The molecule has 3 aliphatic rings. The summed E-state index contributed by atoms with van der Waals surface area (Å²) in [6.45, 7) is 0. The maximum atomic E-state index is 9.57. The normalized spacial score (nSPS) is 58.6. The Balaban J connectivity index is 2.04. The van der Waals surface area contributed by atoms with Gasteiger partial charge in [-0.25, -0.2) is 0 Å². The van der Waals surface area contributed by atoms with Crippen molar-refractivity contribution in [1.29, 1.82) is 0 Å². The predicted molar refractivity (Wildman–Crippen MR) is 37.5 cm³/mol. The number of hydrogen-bond acceptors (Lipinski definition) is 2. The van der Waals surface area contributed by atoms with Gasteiger partial charge in [0, 0.05) is 5.92 Å². The molecule has 3 rings (SSSR count). The number of aliphatic hydroxyl groups excluding tert-OH is 1. The summed E-state index contributed by atoms with van der Waals surface area (Å²) in [5.74, 6) is 1.22. The topological polar surface area (TPSA) is 50.9 Å². The van der Waals surface area contributed by atoms with E-state index in [-0.39, 0.29) is 24.1 Å². The van der Waals surface area contributed by atoms with Gasteiger partial charge in [0.25, 0.3) is 0 Å². The zero-order valence-corrected chi connectivity index (χ0v) is 6.10. The second kappa shape index (κ2) is 1.61. The highest BCUT2D eigenvalue weighted by Crippen LogP contribution is 2.54. The van der Waals surface area contributed by atoms with Crippen molar-refractivity contribution in [2.45, 2.75) is 25.0 Å². The Hall–Kier alpha value is -0.570. The minimum Gasteiger partial charge on any atom is -0.386 e. The first kappa shape index (κ1) is 6.00. The summed E-state index contributed by atoms with van der Waals surface area (Å²) in [6.07, 6.45) is 1.56. The van der Waals surface area contributed by atoms with Crippen LogP contribution < -0.4 is 0 Å². The van der Waals surface area contributed by atoms with E-state index in [1.165, 1.54) is 0 Å². The molecule has 1 heterocycles. The minimum absolute atomic E-state index is 0.0845. The summed E-state index contributed by atoms with van der Waals surface area (Å²) in [4.78, 5) is 9.30. The van der Waals surface area contributed by atoms with E-state index in [1.807, 2.05) is 0 Å². The van der Waals surface area contributed by atoms with Gasteiger partial charge in [0.1, 0.15) is 12.0 Å². The Kier molecular flexibility index (Phi) is 0.876. The SMILES string of the molecule is OC1C2CC3C(=[OH+])OC1C3C2. The average molecular weight is 155 g/mol. The predicted octanol–water partition coefficient (Wildman–Crippen LogP) is -0.0955. The van der Waals surface area contributed by atoms with Crippen LogP contribution in [0.3, 0.4) is 0 Å². The third-order valence-corrected chi connectivity index (χ3v) is 3.46. The smallest absolute Gasteiger partial charge is 0.386 e. The summed E-state index contributed by atoms with van der Waals surface area (Å²) in [5.41, 5.74) is 0. The highest BCUT2D eigenvalue weighted by atomic mass is 16.6. The van der Waals surface area contributed by atoms with E-state index in [0.29, 0.717) is 11.8 Å². The Morgan fingerprint density at radius 2 is 2.27 bits per heavy atom. The monoisotopic (exact) mass is 155 g/mol. The maximum absolute atomic E-state index is 9.57. The molecule has 0 spiro atoms. The number of rotatable bonds is 0. The van der Waals surface area contributed by atoms with Crippen LogP contribution in [0.4, 0.5) is 0 Å². The van der Waals surface area contributed by atoms with Gasteiger partial charge in [-0.1, -0.05) is 0 Å². The number of carbonyl (C=O) groups excluding carboxylic acids is 1. The third kappa shape index (κ3) is 0.527. The van der Waals surface area contributed by atoms with Crippen molar-refractivity contribution in [3.63, 3.8) is 0 Å². The van der Waals surface area contributed by atoms with Gasteiger partial charge in [0.15, 0.2) is 0 Å². The molecule has 2 bridgehead atoms. The van der Waals surface area contributed by atoms with E-state index in [4.69, 9.17) is 4.74 Å². The van der Waals surface area contributed by atoms with Crippen molar-refractivity contribution >= 4 is 5.97 Å². The molecule has 3 fully saturated rings. The molecular formula is C8H11O3+. The van der Waals surface area contributed by atoms with E-state index in [1.54, 1.807) is 0 Å². The number of aliphatic hydroxyl groups is 1. The lowest BCUT2D eigenvalue weighted by molar-refractivity contribution is 0.0150. The number of fused-ring (bicyclic) bond motifs is 1. The molecule has 3 heteroatoms. The highest BCUT2D eigenvalue weighted by Gasteiger charge is 2.66. The lowest BCUT2D eigenvalue weighted by Gasteiger charge is -2.15. The van der Waals surface area contributed by atoms with Crippen LogP contribution in [0.5, 0.6) is 0 Å². The minimum atomic E-state index is -0.319. The van der Waals surface area contributed by atoms with Crippen molar-refractivity contribution in [2.24, 2.45) is 17.8 Å². The molecule has 11 heavy (non-hydrogen) atoms. The largest absolute Gasteiger partial charge is 0.486 e. The molecule has 0 aromatic carbocycles. The van der Waals surface area contributed by atoms with Gasteiger partial charge < -0.3 is 14.6 Å². The van der Waals surface area contributed by atoms with E-state index >= 15 is 0 Å². The Morgan fingerprint density at radius 3 is 2.91 bits per heavy atom. The molecule has 2 saturated carbocycles. The highest BCUT2D eigenvalue weighted by molar-refractivity contribution is 5.77. The lowest BCUT2D eigenvalue weighted by Crippen LogP contribution is -2.31. The molecule has 0 amide bonds. The van der Waals surface area contributed by atoms with Gasteiger partial charge in [-0.2, -0.15) is 0 Å². The van der Waals surface area contributed by atoms with Crippen LogP contribution in [0.25, 0.3) is 0 Å². The van der Waals surface area contributed by atoms with Crippen LogP contribution in [0.15, 0.2) is 0 Å². The summed E-state index contributed by atoms with van der Waals surface area (Å²) < 4.78 is 5.17. The van der Waals surface area contributed by atoms with Gasteiger partial charge in [0.2, 0.25) is 6.10 Å². The van der Waals surface area contributed by atoms with Crippen molar-refractivity contribution in [3.8, 4) is 0 Å². The molecule has 5 atom stereocenters. The van der Waals surface area contributed by atoms with Crippen LogP contribution in [-0.4, -0.2) is 28.1 Å². The summed E-state index contributed by atoms with van der Waals surface area (Å²) >= 11 is 0. The lowest BCUT2D eigenvalue weighted by atomic mass is 9.88. The second-order valence-electron chi connectivity index (χ2n) is 3.91. The number of esters is 1. The molecule has 0 aromatic rings. The fourth-order valence-electron chi connectivity index (χ4n) is 2.94.